The number of ether oxygens (including phenoxy) is 2. The summed E-state index contributed by atoms with van der Waals surface area (Å²) in [4.78, 5) is 11.9. The van der Waals surface area contributed by atoms with Gasteiger partial charge in [0, 0.05) is 26.1 Å². The summed E-state index contributed by atoms with van der Waals surface area (Å²) in [5.41, 5.74) is 0.318. The lowest BCUT2D eigenvalue weighted by atomic mass is 9.92. The topological polar surface area (TPSA) is 71.3 Å². The fourth-order valence-corrected chi connectivity index (χ4v) is 2.07. The summed E-state index contributed by atoms with van der Waals surface area (Å²) in [6.45, 7) is 2.88. The van der Waals surface area contributed by atoms with E-state index in [-0.39, 0.29) is 12.5 Å². The van der Waals surface area contributed by atoms with E-state index in [2.05, 4.69) is 11.4 Å². The van der Waals surface area contributed by atoms with E-state index in [0.29, 0.717) is 31.8 Å². The van der Waals surface area contributed by atoms with Crippen LogP contribution in [0.25, 0.3) is 0 Å². The van der Waals surface area contributed by atoms with Gasteiger partial charge in [0.1, 0.15) is 11.3 Å². The maximum Gasteiger partial charge on any atom is 0.259 e. The van der Waals surface area contributed by atoms with Crippen molar-refractivity contribution >= 4 is 5.91 Å². The quantitative estimate of drug-likeness (QED) is 0.904. The molecule has 0 aromatic heterocycles. The van der Waals surface area contributed by atoms with Gasteiger partial charge in [0.2, 0.25) is 0 Å². The molecular formula is C15H18N2O3. The van der Waals surface area contributed by atoms with Crippen LogP contribution in [0.15, 0.2) is 24.3 Å². The van der Waals surface area contributed by atoms with E-state index in [1.165, 1.54) is 0 Å². The van der Waals surface area contributed by atoms with Crippen LogP contribution in [0, 0.1) is 18.3 Å². The summed E-state index contributed by atoms with van der Waals surface area (Å²) in [6, 6.07) is 9.66. The van der Waals surface area contributed by atoms with Crippen LogP contribution < -0.4 is 10.1 Å². The third kappa shape index (κ3) is 3.72. The fraction of sp³-hybridized carbons (Fsp3) is 0.467. The number of carbonyl (C=O) groups excluding carboxylic acids is 1. The second kappa shape index (κ2) is 6.40. The van der Waals surface area contributed by atoms with Crippen molar-refractivity contribution < 1.29 is 14.3 Å². The standard InChI is InChI=1S/C15H18N2O3/c1-12-2-4-13(5-3-12)20-10-14(18)17-15(11-16)6-8-19-9-7-15/h2-5H,6-10H2,1H3,(H,17,18). The Balaban J connectivity index is 1.85. The number of amides is 1. The van der Waals surface area contributed by atoms with Crippen molar-refractivity contribution in [3.8, 4) is 11.8 Å². The van der Waals surface area contributed by atoms with Gasteiger partial charge in [-0.2, -0.15) is 5.26 Å². The molecule has 20 heavy (non-hydrogen) atoms. The van der Waals surface area contributed by atoms with Crippen molar-refractivity contribution in [2.75, 3.05) is 19.8 Å². The molecule has 1 fully saturated rings. The van der Waals surface area contributed by atoms with Crippen molar-refractivity contribution in [1.29, 1.82) is 5.26 Å². The number of hydrogen-bond donors (Lipinski definition) is 1. The number of nitriles is 1. The largest absolute Gasteiger partial charge is 0.484 e. The Kier molecular flexibility index (Phi) is 4.59. The molecule has 5 nitrogen and oxygen atoms in total. The molecule has 2 rings (SSSR count). The maximum atomic E-state index is 11.9. The van der Waals surface area contributed by atoms with Gasteiger partial charge in [0.05, 0.1) is 6.07 Å². The molecule has 1 heterocycles. The van der Waals surface area contributed by atoms with Crippen molar-refractivity contribution in [3.63, 3.8) is 0 Å². The number of nitrogens with one attached hydrogen (secondary N) is 1. The van der Waals surface area contributed by atoms with Crippen LogP contribution in [0.1, 0.15) is 18.4 Å². The maximum absolute atomic E-state index is 11.9. The zero-order valence-electron chi connectivity index (χ0n) is 11.5. The van der Waals surface area contributed by atoms with Crippen LogP contribution in [0.5, 0.6) is 5.75 Å². The average Bonchev–Trinajstić information content (AvgIpc) is 2.47. The molecule has 0 saturated carbocycles. The third-order valence-corrected chi connectivity index (χ3v) is 3.33. The summed E-state index contributed by atoms with van der Waals surface area (Å²) in [5.74, 6) is 0.359. The van der Waals surface area contributed by atoms with Crippen molar-refractivity contribution in [1.82, 2.24) is 5.32 Å². The molecule has 1 aromatic rings. The molecule has 0 atom stereocenters. The molecule has 0 bridgehead atoms. The Hall–Kier alpha value is -2.06. The number of rotatable bonds is 4. The van der Waals surface area contributed by atoms with Crippen LogP contribution in [0.2, 0.25) is 0 Å². The van der Waals surface area contributed by atoms with E-state index in [0.717, 1.165) is 5.56 Å². The first-order valence-electron chi connectivity index (χ1n) is 6.63. The minimum Gasteiger partial charge on any atom is -0.484 e. The smallest absolute Gasteiger partial charge is 0.259 e. The third-order valence-electron chi connectivity index (χ3n) is 3.33. The van der Waals surface area contributed by atoms with Crippen molar-refractivity contribution in [2.24, 2.45) is 0 Å². The lowest BCUT2D eigenvalue weighted by Crippen LogP contribution is -2.52. The highest BCUT2D eigenvalue weighted by Crippen LogP contribution is 2.19. The monoisotopic (exact) mass is 274 g/mol. The number of nitrogens with zero attached hydrogens (tertiary/aromatic N) is 1. The molecule has 0 spiro atoms. The zero-order valence-corrected chi connectivity index (χ0v) is 11.5. The Morgan fingerprint density at radius 2 is 2.05 bits per heavy atom. The highest BCUT2D eigenvalue weighted by atomic mass is 16.5. The van der Waals surface area contributed by atoms with Gasteiger partial charge in [0.25, 0.3) is 5.91 Å². The first kappa shape index (κ1) is 14.4. The minimum atomic E-state index is -0.814. The highest BCUT2D eigenvalue weighted by Gasteiger charge is 2.34. The van der Waals surface area contributed by atoms with Gasteiger partial charge in [-0.15, -0.1) is 0 Å². The summed E-state index contributed by atoms with van der Waals surface area (Å²) in [7, 11) is 0. The number of hydrogen-bond acceptors (Lipinski definition) is 4. The van der Waals surface area contributed by atoms with Gasteiger partial charge < -0.3 is 14.8 Å². The second-order valence-electron chi connectivity index (χ2n) is 4.96. The van der Waals surface area contributed by atoms with Gasteiger partial charge in [-0.1, -0.05) is 17.7 Å². The van der Waals surface area contributed by atoms with Gasteiger partial charge in [-0.05, 0) is 19.1 Å². The average molecular weight is 274 g/mol. The molecular weight excluding hydrogens is 256 g/mol. The van der Waals surface area contributed by atoms with Crippen LogP contribution in [-0.4, -0.2) is 31.3 Å². The normalized spacial score (nSPS) is 17.0. The summed E-state index contributed by atoms with van der Waals surface area (Å²) in [6.07, 6.45) is 1.03. The molecule has 106 valence electrons. The molecule has 1 saturated heterocycles. The predicted octanol–water partition coefficient (Wildman–Crippen LogP) is 1.56. The molecule has 1 aromatic carbocycles. The molecule has 1 aliphatic rings. The summed E-state index contributed by atoms with van der Waals surface area (Å²) >= 11 is 0. The predicted molar refractivity (Wildman–Crippen MR) is 73.2 cm³/mol. The second-order valence-corrected chi connectivity index (χ2v) is 4.96. The first-order valence-corrected chi connectivity index (χ1v) is 6.63. The molecule has 1 aliphatic heterocycles. The Labute approximate surface area is 118 Å². The lowest BCUT2D eigenvalue weighted by Gasteiger charge is -2.31. The molecule has 5 heteroatoms. The molecule has 0 aliphatic carbocycles. The first-order chi connectivity index (χ1) is 9.63. The summed E-state index contributed by atoms with van der Waals surface area (Å²) in [5, 5.41) is 12.0. The van der Waals surface area contributed by atoms with E-state index in [9.17, 15) is 10.1 Å². The lowest BCUT2D eigenvalue weighted by molar-refractivity contribution is -0.125. The van der Waals surface area contributed by atoms with E-state index in [1.807, 2.05) is 31.2 Å². The van der Waals surface area contributed by atoms with Gasteiger partial charge in [-0.3, -0.25) is 4.79 Å². The van der Waals surface area contributed by atoms with E-state index in [1.54, 1.807) is 0 Å². The molecule has 0 unspecified atom stereocenters. The van der Waals surface area contributed by atoms with E-state index in [4.69, 9.17) is 9.47 Å². The Morgan fingerprint density at radius 3 is 2.65 bits per heavy atom. The Bertz CT molecular complexity index is 499. The van der Waals surface area contributed by atoms with E-state index >= 15 is 0 Å². The van der Waals surface area contributed by atoms with Crippen LogP contribution in [0.4, 0.5) is 0 Å². The molecule has 0 radical (unpaired) electrons. The van der Waals surface area contributed by atoms with Gasteiger partial charge >= 0.3 is 0 Å². The van der Waals surface area contributed by atoms with E-state index < -0.39 is 5.54 Å². The molecule has 1 N–H and O–H groups in total. The summed E-state index contributed by atoms with van der Waals surface area (Å²) < 4.78 is 10.6. The van der Waals surface area contributed by atoms with Crippen LogP contribution in [0.3, 0.4) is 0 Å². The highest BCUT2D eigenvalue weighted by molar-refractivity contribution is 5.78. The van der Waals surface area contributed by atoms with Crippen LogP contribution in [-0.2, 0) is 9.53 Å². The SMILES string of the molecule is Cc1ccc(OCC(=O)NC2(C#N)CCOCC2)cc1. The minimum absolute atomic E-state index is 0.0899. The Morgan fingerprint density at radius 1 is 1.40 bits per heavy atom. The van der Waals surface area contributed by atoms with Crippen LogP contribution >= 0.6 is 0 Å². The number of benzene rings is 1. The van der Waals surface area contributed by atoms with Gasteiger partial charge in [0.15, 0.2) is 6.61 Å². The molecule has 1 amide bonds. The zero-order chi connectivity index (χ0) is 14.4. The van der Waals surface area contributed by atoms with Crippen molar-refractivity contribution in [3.05, 3.63) is 29.8 Å². The fourth-order valence-electron chi connectivity index (χ4n) is 2.07. The number of aryl methyl sites for hydroxylation is 1. The van der Waals surface area contributed by atoms with Crippen molar-refractivity contribution in [2.45, 2.75) is 25.3 Å². The number of carbonyl (C=O) groups is 1. The van der Waals surface area contributed by atoms with Gasteiger partial charge in [-0.25, -0.2) is 0 Å².